The van der Waals surface area contributed by atoms with Gasteiger partial charge in [0.25, 0.3) is 0 Å². The van der Waals surface area contributed by atoms with Crippen LogP contribution in [-0.2, 0) is 16.1 Å². The third-order valence-corrected chi connectivity index (χ3v) is 2.82. The molecule has 5 heteroatoms. The van der Waals surface area contributed by atoms with Crippen LogP contribution < -0.4 is 10.6 Å². The molecule has 0 atom stereocenters. The van der Waals surface area contributed by atoms with Crippen molar-refractivity contribution in [3.8, 4) is 0 Å². The Hall–Kier alpha value is -1.88. The lowest BCUT2D eigenvalue weighted by molar-refractivity contribution is -0.128. The zero-order valence-corrected chi connectivity index (χ0v) is 11.7. The molecule has 0 aliphatic carbocycles. The van der Waals surface area contributed by atoms with Gasteiger partial charge in [-0.25, -0.2) is 0 Å². The highest BCUT2D eigenvalue weighted by atomic mass is 16.2. The van der Waals surface area contributed by atoms with Crippen molar-refractivity contribution in [3.63, 3.8) is 0 Å². The molecule has 0 spiro atoms. The van der Waals surface area contributed by atoms with E-state index in [1.54, 1.807) is 11.9 Å². The van der Waals surface area contributed by atoms with Crippen molar-refractivity contribution in [1.29, 1.82) is 0 Å². The highest BCUT2D eigenvalue weighted by Gasteiger charge is 2.07. The molecule has 0 aliphatic heterocycles. The van der Waals surface area contributed by atoms with Crippen LogP contribution in [0.1, 0.15) is 19.4 Å². The highest BCUT2D eigenvalue weighted by Crippen LogP contribution is 2.14. The maximum absolute atomic E-state index is 11.6. The van der Waals surface area contributed by atoms with Gasteiger partial charge in [-0.15, -0.1) is 0 Å². The molecule has 0 fully saturated rings. The van der Waals surface area contributed by atoms with Crippen LogP contribution in [0.25, 0.3) is 0 Å². The van der Waals surface area contributed by atoms with Gasteiger partial charge in [-0.05, 0) is 18.6 Å². The summed E-state index contributed by atoms with van der Waals surface area (Å²) >= 11 is 0. The van der Waals surface area contributed by atoms with Crippen LogP contribution in [0.3, 0.4) is 0 Å². The number of nitrogens with zero attached hydrogens (tertiary/aromatic N) is 1. The Kier molecular flexibility index (Phi) is 6.02. The van der Waals surface area contributed by atoms with Gasteiger partial charge in [-0.3, -0.25) is 9.59 Å². The molecule has 2 amide bonds. The average molecular weight is 263 g/mol. The van der Waals surface area contributed by atoms with E-state index in [1.807, 2.05) is 31.2 Å². The number of amides is 2. The summed E-state index contributed by atoms with van der Waals surface area (Å²) in [7, 11) is 1.77. The van der Waals surface area contributed by atoms with Gasteiger partial charge in [-0.1, -0.05) is 18.2 Å². The lowest BCUT2D eigenvalue weighted by Crippen LogP contribution is -2.35. The summed E-state index contributed by atoms with van der Waals surface area (Å²) in [6, 6.07) is 7.54. The molecule has 0 radical (unpaired) electrons. The lowest BCUT2D eigenvalue weighted by Gasteiger charge is -2.15. The molecule has 19 heavy (non-hydrogen) atoms. The summed E-state index contributed by atoms with van der Waals surface area (Å²) < 4.78 is 0. The molecule has 104 valence electrons. The Morgan fingerprint density at radius 2 is 1.95 bits per heavy atom. The number of para-hydroxylation sites is 1. The molecule has 0 saturated carbocycles. The van der Waals surface area contributed by atoms with Gasteiger partial charge in [0, 0.05) is 32.7 Å². The van der Waals surface area contributed by atoms with E-state index < -0.39 is 0 Å². The molecular weight excluding hydrogens is 242 g/mol. The summed E-state index contributed by atoms with van der Waals surface area (Å²) in [4.78, 5) is 24.4. The smallest absolute Gasteiger partial charge is 0.236 e. The number of likely N-dealkylation sites (N-methyl/N-ethyl adjacent to an activating group) is 1. The number of hydrogen-bond acceptors (Lipinski definition) is 3. The first-order valence-corrected chi connectivity index (χ1v) is 6.34. The number of nitrogens with one attached hydrogen (secondary N) is 2. The number of carbonyl (C=O) groups excluding carboxylic acids is 2. The standard InChI is InChI=1S/C14H21N3O2/c1-4-17(3)14(19)10-15-9-12-7-5-6-8-13(12)16-11(2)18/h5-8,15H,4,9-10H2,1-3H3,(H,16,18). The summed E-state index contributed by atoms with van der Waals surface area (Å²) in [6.45, 7) is 4.94. The molecule has 1 rings (SSSR count). The molecule has 5 nitrogen and oxygen atoms in total. The topological polar surface area (TPSA) is 61.4 Å². The van der Waals surface area contributed by atoms with Crippen molar-refractivity contribution < 1.29 is 9.59 Å². The van der Waals surface area contributed by atoms with Crippen LogP contribution in [0, 0.1) is 0 Å². The van der Waals surface area contributed by atoms with Crippen LogP contribution in [0.5, 0.6) is 0 Å². The first-order chi connectivity index (χ1) is 9.04. The van der Waals surface area contributed by atoms with E-state index in [0.717, 1.165) is 11.3 Å². The van der Waals surface area contributed by atoms with Crippen molar-refractivity contribution >= 4 is 17.5 Å². The Morgan fingerprint density at radius 1 is 1.26 bits per heavy atom. The van der Waals surface area contributed by atoms with Crippen LogP contribution in [-0.4, -0.2) is 36.9 Å². The van der Waals surface area contributed by atoms with Crippen molar-refractivity contribution in [2.24, 2.45) is 0 Å². The minimum absolute atomic E-state index is 0.0551. The summed E-state index contributed by atoms with van der Waals surface area (Å²) in [5.74, 6) is -0.0475. The van der Waals surface area contributed by atoms with Crippen LogP contribution >= 0.6 is 0 Å². The van der Waals surface area contributed by atoms with E-state index in [9.17, 15) is 9.59 Å². The van der Waals surface area contributed by atoms with E-state index in [2.05, 4.69) is 10.6 Å². The van der Waals surface area contributed by atoms with Crippen LogP contribution in [0.15, 0.2) is 24.3 Å². The third-order valence-electron chi connectivity index (χ3n) is 2.82. The zero-order valence-electron chi connectivity index (χ0n) is 11.7. The van der Waals surface area contributed by atoms with Gasteiger partial charge in [0.15, 0.2) is 0 Å². The quantitative estimate of drug-likeness (QED) is 0.811. The molecule has 0 saturated heterocycles. The molecule has 0 unspecified atom stereocenters. The molecule has 1 aromatic carbocycles. The van der Waals surface area contributed by atoms with E-state index in [-0.39, 0.29) is 11.8 Å². The van der Waals surface area contributed by atoms with E-state index >= 15 is 0 Å². The molecule has 2 N–H and O–H groups in total. The minimum atomic E-state index is -0.103. The summed E-state index contributed by atoms with van der Waals surface area (Å²) in [5, 5.41) is 5.86. The maximum atomic E-state index is 11.6. The first-order valence-electron chi connectivity index (χ1n) is 6.34. The van der Waals surface area contributed by atoms with Crippen LogP contribution in [0.2, 0.25) is 0 Å². The largest absolute Gasteiger partial charge is 0.345 e. The van der Waals surface area contributed by atoms with Crippen molar-refractivity contribution in [3.05, 3.63) is 29.8 Å². The Morgan fingerprint density at radius 3 is 2.58 bits per heavy atom. The van der Waals surface area contributed by atoms with Crippen molar-refractivity contribution in [2.45, 2.75) is 20.4 Å². The highest BCUT2D eigenvalue weighted by molar-refractivity contribution is 5.89. The second-order valence-corrected chi connectivity index (χ2v) is 4.35. The zero-order chi connectivity index (χ0) is 14.3. The number of carbonyl (C=O) groups is 2. The van der Waals surface area contributed by atoms with Gasteiger partial charge in [-0.2, -0.15) is 0 Å². The molecule has 0 heterocycles. The average Bonchev–Trinajstić information content (AvgIpc) is 2.39. The van der Waals surface area contributed by atoms with E-state index in [1.165, 1.54) is 6.92 Å². The fourth-order valence-corrected chi connectivity index (χ4v) is 1.60. The lowest BCUT2D eigenvalue weighted by atomic mass is 10.1. The van der Waals surface area contributed by atoms with E-state index in [0.29, 0.717) is 19.6 Å². The molecule has 0 bridgehead atoms. The van der Waals surface area contributed by atoms with Gasteiger partial charge in [0.05, 0.1) is 6.54 Å². The monoisotopic (exact) mass is 263 g/mol. The molecular formula is C14H21N3O2. The summed E-state index contributed by atoms with van der Waals surface area (Å²) in [5.41, 5.74) is 1.74. The fraction of sp³-hybridized carbons (Fsp3) is 0.429. The molecule has 0 aliphatic rings. The number of rotatable bonds is 6. The Bertz CT molecular complexity index is 446. The predicted molar refractivity (Wildman–Crippen MR) is 75.8 cm³/mol. The van der Waals surface area contributed by atoms with Crippen LogP contribution in [0.4, 0.5) is 5.69 Å². The third kappa shape index (κ3) is 5.09. The minimum Gasteiger partial charge on any atom is -0.345 e. The summed E-state index contributed by atoms with van der Waals surface area (Å²) in [6.07, 6.45) is 0. The normalized spacial score (nSPS) is 10.1. The van der Waals surface area contributed by atoms with E-state index in [4.69, 9.17) is 0 Å². The van der Waals surface area contributed by atoms with Crippen molar-refractivity contribution in [2.75, 3.05) is 25.5 Å². The molecule has 0 aromatic heterocycles. The first kappa shape index (κ1) is 15.2. The number of benzene rings is 1. The fourth-order valence-electron chi connectivity index (χ4n) is 1.60. The Labute approximate surface area is 114 Å². The van der Waals surface area contributed by atoms with Gasteiger partial charge < -0.3 is 15.5 Å². The second kappa shape index (κ2) is 7.53. The number of anilines is 1. The van der Waals surface area contributed by atoms with Gasteiger partial charge in [0.1, 0.15) is 0 Å². The predicted octanol–water partition coefficient (Wildman–Crippen LogP) is 1.21. The van der Waals surface area contributed by atoms with Gasteiger partial charge >= 0.3 is 0 Å². The second-order valence-electron chi connectivity index (χ2n) is 4.35. The number of hydrogen-bond donors (Lipinski definition) is 2. The molecule has 1 aromatic rings. The van der Waals surface area contributed by atoms with Crippen molar-refractivity contribution in [1.82, 2.24) is 10.2 Å². The SMILES string of the molecule is CCN(C)C(=O)CNCc1ccccc1NC(C)=O. The maximum Gasteiger partial charge on any atom is 0.236 e. The Balaban J connectivity index is 2.53. The van der Waals surface area contributed by atoms with Gasteiger partial charge in [0.2, 0.25) is 11.8 Å².